The van der Waals surface area contributed by atoms with Crippen molar-refractivity contribution < 1.29 is 62.3 Å². The van der Waals surface area contributed by atoms with Gasteiger partial charge >= 0.3 is 0 Å². The van der Waals surface area contributed by atoms with Crippen molar-refractivity contribution in [3.63, 3.8) is 0 Å². The molecule has 5 N–H and O–H groups in total. The molecule has 0 aliphatic heterocycles. The maximum Gasteiger partial charge on any atom is 0.296 e. The van der Waals surface area contributed by atoms with E-state index in [1.807, 2.05) is 0 Å². The lowest BCUT2D eigenvalue weighted by Crippen LogP contribution is -2.10. The molecule has 22 heteroatoms. The minimum Gasteiger partial charge on any atom is -0.505 e. The molecule has 0 radical (unpaired) electrons. The van der Waals surface area contributed by atoms with Crippen molar-refractivity contribution in [2.45, 2.75) is 25.8 Å². The fraction of sp³-hybridized carbons (Fsp3) is 0.154. The van der Waals surface area contributed by atoms with Gasteiger partial charge in [-0.05, 0) is 41.8 Å². The number of aliphatic hydroxyl groups excluding tert-OH is 1. The molecule has 4 aromatic carbocycles. The van der Waals surface area contributed by atoms with Gasteiger partial charge < -0.3 is 14.9 Å². The first-order valence-corrected chi connectivity index (χ1v) is 18.9. The lowest BCUT2D eigenvalue weighted by molar-refractivity contribution is 0.106. The summed E-state index contributed by atoms with van der Waals surface area (Å²) in [6.07, 6.45) is -1.30. The quantitative estimate of drug-likeness (QED) is 0.102. The van der Waals surface area contributed by atoms with Crippen LogP contribution in [0, 0.1) is 0 Å². The van der Waals surface area contributed by atoms with Crippen LogP contribution in [0.15, 0.2) is 107 Å². The number of hydrogen-bond acceptors (Lipinski definition) is 15. The molecule has 4 aromatic rings. The second kappa shape index (κ2) is 13.7. The maximum absolute atomic E-state index is 12.6. The van der Waals surface area contributed by atoms with E-state index >= 15 is 0 Å². The molecule has 0 saturated carbocycles. The molecule has 0 aliphatic rings. The predicted octanol–water partition coefficient (Wildman–Crippen LogP) is 3.90. The number of sulfone groups is 1. The topological polar surface area (TPSA) is 296 Å². The number of phenolic OH excluding ortho intramolecular Hbond substituents is 1. The summed E-state index contributed by atoms with van der Waals surface area (Å²) >= 11 is 0. The number of aliphatic hydroxyl groups is 1. The van der Waals surface area contributed by atoms with Gasteiger partial charge in [-0.1, -0.05) is 30.3 Å². The van der Waals surface area contributed by atoms with Crippen LogP contribution in [0.2, 0.25) is 0 Å². The van der Waals surface area contributed by atoms with E-state index < -0.39 is 95.7 Å². The highest BCUT2D eigenvalue weighted by atomic mass is 32.2. The van der Waals surface area contributed by atoms with E-state index in [2.05, 4.69) is 20.5 Å². The highest BCUT2D eigenvalue weighted by Crippen LogP contribution is 2.45. The molecular formula is C26H24N4O14S4. The first-order chi connectivity index (χ1) is 22.3. The average Bonchev–Trinajstić information content (AvgIpc) is 2.99. The van der Waals surface area contributed by atoms with Crippen molar-refractivity contribution >= 4 is 68.0 Å². The van der Waals surface area contributed by atoms with Crippen LogP contribution in [-0.4, -0.2) is 77.0 Å². The van der Waals surface area contributed by atoms with Gasteiger partial charge in [0.1, 0.15) is 21.2 Å². The van der Waals surface area contributed by atoms with E-state index in [0.29, 0.717) is 18.2 Å². The molecule has 256 valence electrons. The summed E-state index contributed by atoms with van der Waals surface area (Å²) in [6, 6.07) is 12.7. The van der Waals surface area contributed by atoms with Crippen molar-refractivity contribution in [3.8, 4) is 5.75 Å². The minimum absolute atomic E-state index is 0.0854. The molecular weight excluding hydrogens is 721 g/mol. The van der Waals surface area contributed by atoms with Crippen molar-refractivity contribution in [1.82, 2.24) is 0 Å². The molecule has 4 rings (SSSR count). The Morgan fingerprint density at radius 2 is 1.31 bits per heavy atom. The highest BCUT2D eigenvalue weighted by Gasteiger charge is 2.29. The zero-order valence-electron chi connectivity index (χ0n) is 24.2. The smallest absolute Gasteiger partial charge is 0.296 e. The Labute approximate surface area is 273 Å². The molecule has 0 aliphatic carbocycles. The van der Waals surface area contributed by atoms with E-state index in [-0.39, 0.29) is 21.8 Å². The van der Waals surface area contributed by atoms with E-state index in [4.69, 9.17) is 9.84 Å². The number of hydrogen-bond donors (Lipinski definition) is 5. The zero-order valence-corrected chi connectivity index (χ0v) is 27.4. The maximum atomic E-state index is 12.6. The van der Waals surface area contributed by atoms with Crippen LogP contribution < -0.4 is 0 Å². The van der Waals surface area contributed by atoms with Crippen molar-refractivity contribution in [2.24, 2.45) is 20.5 Å². The number of aromatic hydroxyl groups is 1. The summed E-state index contributed by atoms with van der Waals surface area (Å²) < 4.78 is 132. The second-order valence-electron chi connectivity index (χ2n) is 9.59. The minimum atomic E-state index is -5.34. The molecule has 18 nitrogen and oxygen atoms in total. The molecule has 0 heterocycles. The van der Waals surface area contributed by atoms with Gasteiger partial charge in [-0.2, -0.15) is 35.5 Å². The molecule has 0 bridgehead atoms. The Morgan fingerprint density at radius 3 is 1.90 bits per heavy atom. The van der Waals surface area contributed by atoms with Gasteiger partial charge in [0.25, 0.3) is 30.4 Å². The number of azo groups is 2. The van der Waals surface area contributed by atoms with Gasteiger partial charge in [0.05, 0.1) is 27.8 Å². The number of phenols is 1. The SMILES string of the molecule is COC(N=Nc1ccccc1S(=O)(=O)CCO)c1ccccc1N=Nc1c(S(=O)(=O)O)cc2cc(S(=O)(=O)O)cc(S(=O)(=O)O)c2c1O. The third kappa shape index (κ3) is 7.88. The normalized spacial score (nSPS) is 13.9. The third-order valence-corrected chi connectivity index (χ3v) is 10.8. The number of methoxy groups -OCH3 is 1. The van der Waals surface area contributed by atoms with Gasteiger partial charge in [-0.25, -0.2) is 8.42 Å². The van der Waals surface area contributed by atoms with E-state index in [1.54, 1.807) is 0 Å². The van der Waals surface area contributed by atoms with Crippen LogP contribution >= 0.6 is 0 Å². The van der Waals surface area contributed by atoms with Gasteiger partial charge in [0.2, 0.25) is 0 Å². The summed E-state index contributed by atoms with van der Waals surface area (Å²) in [5.74, 6) is -1.85. The van der Waals surface area contributed by atoms with Crippen molar-refractivity contribution in [3.05, 3.63) is 72.3 Å². The van der Waals surface area contributed by atoms with Crippen LogP contribution in [0.3, 0.4) is 0 Å². The molecule has 0 fully saturated rings. The summed E-state index contributed by atoms with van der Waals surface area (Å²) in [6.45, 7) is -0.637. The Balaban J connectivity index is 1.89. The van der Waals surface area contributed by atoms with Crippen LogP contribution in [0.5, 0.6) is 5.75 Å². The average molecular weight is 745 g/mol. The monoisotopic (exact) mass is 744 g/mol. The van der Waals surface area contributed by atoms with Crippen LogP contribution in [0.1, 0.15) is 11.8 Å². The number of rotatable bonds is 12. The first-order valence-electron chi connectivity index (χ1n) is 12.9. The van der Waals surface area contributed by atoms with Gasteiger partial charge in [0.15, 0.2) is 21.8 Å². The third-order valence-electron chi connectivity index (χ3n) is 6.46. The number of fused-ring (bicyclic) bond motifs is 1. The molecule has 0 aromatic heterocycles. The summed E-state index contributed by atoms with van der Waals surface area (Å²) in [7, 11) is -18.5. The Hall–Kier alpha value is -4.26. The number of benzene rings is 4. The van der Waals surface area contributed by atoms with Gasteiger partial charge in [0, 0.05) is 18.1 Å². The number of nitrogens with zero attached hydrogens (tertiary/aromatic N) is 4. The standard InChI is InChI=1S/C26H24N4O14S4/c1-44-26(30-28-19-8-4-5-9-20(19)45(33,34)11-10-31)17-6-2-3-7-18(17)27-29-24-22(48(41,42)43)13-15-12-16(46(35,36)37)14-21(47(38,39)40)23(15)25(24)32/h2-9,12-14,26,31-32H,10-11H2,1H3,(H,35,36,37)(H,38,39,40)(H,41,42,43). The highest BCUT2D eigenvalue weighted by molar-refractivity contribution is 7.91. The molecule has 0 spiro atoms. The van der Waals surface area contributed by atoms with Crippen molar-refractivity contribution in [1.29, 1.82) is 0 Å². The van der Waals surface area contributed by atoms with E-state index in [1.165, 1.54) is 55.6 Å². The Bertz CT molecular complexity index is 2410. The lowest BCUT2D eigenvalue weighted by atomic mass is 10.1. The molecule has 0 amide bonds. The van der Waals surface area contributed by atoms with Crippen LogP contribution in [-0.2, 0) is 44.9 Å². The lowest BCUT2D eigenvalue weighted by Gasteiger charge is -2.14. The first kappa shape index (κ1) is 36.6. The van der Waals surface area contributed by atoms with E-state index in [9.17, 15) is 52.4 Å². The van der Waals surface area contributed by atoms with Gasteiger partial charge in [-0.15, -0.1) is 10.2 Å². The fourth-order valence-corrected chi connectivity index (χ4v) is 7.54. The molecule has 0 saturated heterocycles. The predicted molar refractivity (Wildman–Crippen MR) is 166 cm³/mol. The zero-order chi connectivity index (χ0) is 35.7. The summed E-state index contributed by atoms with van der Waals surface area (Å²) in [4.78, 5) is -3.75. The number of ether oxygens (including phenoxy) is 1. The second-order valence-corrected chi connectivity index (χ2v) is 15.9. The van der Waals surface area contributed by atoms with Crippen LogP contribution in [0.4, 0.5) is 17.1 Å². The van der Waals surface area contributed by atoms with Gasteiger partial charge in [-0.3, -0.25) is 13.7 Å². The Kier molecular flexibility index (Phi) is 10.4. The largest absolute Gasteiger partial charge is 0.505 e. The molecule has 1 atom stereocenters. The van der Waals surface area contributed by atoms with E-state index in [0.717, 1.165) is 0 Å². The molecule has 48 heavy (non-hydrogen) atoms. The Morgan fingerprint density at radius 1 is 0.708 bits per heavy atom. The summed E-state index contributed by atoms with van der Waals surface area (Å²) in [5, 5.41) is 34.3. The fourth-order valence-electron chi connectivity index (χ4n) is 4.34. The molecule has 1 unspecified atom stereocenters. The van der Waals surface area contributed by atoms with Crippen LogP contribution in [0.25, 0.3) is 10.8 Å². The van der Waals surface area contributed by atoms with Crippen molar-refractivity contribution in [2.75, 3.05) is 19.5 Å². The summed E-state index contributed by atoms with van der Waals surface area (Å²) in [5.41, 5.74) is -1.13.